The van der Waals surface area contributed by atoms with Crippen LogP contribution in [0.3, 0.4) is 0 Å². The molecule has 0 radical (unpaired) electrons. The number of alkyl halides is 4. The molecule has 3 aromatic rings. The summed E-state index contributed by atoms with van der Waals surface area (Å²) < 4.78 is 46.9. The molecular weight excluding hydrogens is 514 g/mol. The summed E-state index contributed by atoms with van der Waals surface area (Å²) in [5, 5.41) is 3.24. The van der Waals surface area contributed by atoms with Crippen LogP contribution in [-0.4, -0.2) is 24.8 Å². The average Bonchev–Trinajstić information content (AvgIpc) is 2.77. The summed E-state index contributed by atoms with van der Waals surface area (Å²) in [6.45, 7) is 2.14. The Morgan fingerprint density at radius 1 is 1.00 bits per heavy atom. The van der Waals surface area contributed by atoms with Crippen molar-refractivity contribution in [1.29, 1.82) is 0 Å². The number of rotatable bonds is 8. The number of benzene rings is 3. The Kier molecular flexibility index (Phi) is 8.57. The van der Waals surface area contributed by atoms with Gasteiger partial charge in [0, 0.05) is 11.4 Å². The van der Waals surface area contributed by atoms with E-state index in [9.17, 15) is 18.0 Å². The third-order valence-electron chi connectivity index (χ3n) is 4.76. The lowest BCUT2D eigenvalue weighted by Crippen LogP contribution is -2.30. The minimum Gasteiger partial charge on any atom is -0.493 e. The lowest BCUT2D eigenvalue weighted by Gasteiger charge is -2.21. The summed E-state index contributed by atoms with van der Waals surface area (Å²) in [6, 6.07) is 14.8. The molecule has 0 aromatic heterocycles. The van der Waals surface area contributed by atoms with Crippen LogP contribution in [0.25, 0.3) is 11.1 Å². The average molecular weight is 533 g/mol. The minimum atomic E-state index is -4.76. The fourth-order valence-electron chi connectivity index (χ4n) is 3.28. The van der Waals surface area contributed by atoms with Crippen LogP contribution in [0.5, 0.6) is 11.5 Å². The first-order valence-electron chi connectivity index (χ1n) is 10.1. The first-order valence-corrected chi connectivity index (χ1v) is 11.4. The van der Waals surface area contributed by atoms with E-state index in [1.807, 2.05) is 0 Å². The van der Waals surface area contributed by atoms with Crippen molar-refractivity contribution in [1.82, 2.24) is 5.32 Å². The summed E-state index contributed by atoms with van der Waals surface area (Å²) >= 11 is 18.4. The molecule has 0 saturated heterocycles. The molecule has 0 saturated carbocycles. The lowest BCUT2D eigenvalue weighted by molar-refractivity contribution is -0.274. The molecule has 0 aliphatic carbocycles. The van der Waals surface area contributed by atoms with Gasteiger partial charge in [-0.1, -0.05) is 53.5 Å². The van der Waals surface area contributed by atoms with Crippen molar-refractivity contribution in [2.24, 2.45) is 0 Å². The molecule has 0 aliphatic rings. The second-order valence-electron chi connectivity index (χ2n) is 7.03. The first-order chi connectivity index (χ1) is 16.1. The number of carbonyl (C=O) groups is 1. The van der Waals surface area contributed by atoms with Crippen LogP contribution < -0.4 is 14.8 Å². The van der Waals surface area contributed by atoms with Gasteiger partial charge in [-0.3, -0.25) is 4.79 Å². The molecule has 4 nitrogen and oxygen atoms in total. The highest BCUT2D eigenvalue weighted by molar-refractivity contribution is 6.39. The number of amides is 1. The van der Waals surface area contributed by atoms with Crippen LogP contribution in [0.2, 0.25) is 10.0 Å². The summed E-state index contributed by atoms with van der Waals surface area (Å²) in [5.74, 6) is -0.308. The normalized spacial score (nSPS) is 12.2. The Hall–Kier alpha value is -2.61. The van der Waals surface area contributed by atoms with Crippen LogP contribution >= 0.6 is 34.8 Å². The maximum atomic E-state index is 12.8. The molecule has 1 N–H and O–H groups in total. The van der Waals surface area contributed by atoms with E-state index in [2.05, 4.69) is 10.1 Å². The van der Waals surface area contributed by atoms with E-state index >= 15 is 0 Å². The van der Waals surface area contributed by atoms with Gasteiger partial charge in [-0.05, 0) is 48.4 Å². The summed E-state index contributed by atoms with van der Waals surface area (Å²) in [5.41, 5.74) is 2.10. The predicted octanol–water partition coefficient (Wildman–Crippen LogP) is 7.67. The van der Waals surface area contributed by atoms with E-state index in [0.29, 0.717) is 29.0 Å². The van der Waals surface area contributed by atoms with Gasteiger partial charge < -0.3 is 14.8 Å². The third kappa shape index (κ3) is 6.50. The van der Waals surface area contributed by atoms with Crippen molar-refractivity contribution in [2.45, 2.75) is 19.3 Å². The standard InChI is InChI=1S/C24H19Cl3F3NO3/c1-2-33-21-12-15(14-6-9-16(10-7-14)34-24(28,29)30)8-11-17(21)20(13-25)31-23(32)22-18(26)4-3-5-19(22)27/h3-12,20H,2,13H2,1H3,(H,31,32). The Morgan fingerprint density at radius 2 is 1.62 bits per heavy atom. The zero-order chi connectivity index (χ0) is 24.9. The number of hydrogen-bond donors (Lipinski definition) is 1. The van der Waals surface area contributed by atoms with E-state index in [4.69, 9.17) is 39.5 Å². The van der Waals surface area contributed by atoms with Crippen LogP contribution in [0.15, 0.2) is 60.7 Å². The van der Waals surface area contributed by atoms with Gasteiger partial charge >= 0.3 is 6.36 Å². The first kappa shape index (κ1) is 26.0. The maximum absolute atomic E-state index is 12.8. The van der Waals surface area contributed by atoms with Crippen LogP contribution in [0.4, 0.5) is 13.2 Å². The van der Waals surface area contributed by atoms with Crippen molar-refractivity contribution in [3.8, 4) is 22.6 Å². The quantitative estimate of drug-likeness (QED) is 0.303. The van der Waals surface area contributed by atoms with Gasteiger partial charge in [-0.15, -0.1) is 24.8 Å². The molecule has 1 atom stereocenters. The van der Waals surface area contributed by atoms with Crippen LogP contribution in [0.1, 0.15) is 28.9 Å². The Bertz CT molecular complexity index is 1130. The van der Waals surface area contributed by atoms with Gasteiger partial charge in [0.25, 0.3) is 5.91 Å². The summed E-state index contributed by atoms with van der Waals surface area (Å²) in [7, 11) is 0. The molecule has 180 valence electrons. The highest BCUT2D eigenvalue weighted by Gasteiger charge is 2.31. The third-order valence-corrected chi connectivity index (χ3v) is 5.70. The zero-order valence-corrected chi connectivity index (χ0v) is 20.0. The molecule has 3 rings (SSSR count). The van der Waals surface area contributed by atoms with Crippen molar-refractivity contribution >= 4 is 40.7 Å². The minimum absolute atomic E-state index is 0.0384. The molecule has 3 aromatic carbocycles. The van der Waals surface area contributed by atoms with Crippen molar-refractivity contribution < 1.29 is 27.4 Å². The van der Waals surface area contributed by atoms with Crippen LogP contribution in [0, 0.1) is 0 Å². The summed E-state index contributed by atoms with van der Waals surface area (Å²) in [4.78, 5) is 12.8. The van der Waals surface area contributed by atoms with E-state index in [-0.39, 0.29) is 27.2 Å². The molecule has 0 spiro atoms. The maximum Gasteiger partial charge on any atom is 0.573 e. The van der Waals surface area contributed by atoms with Gasteiger partial charge in [0.2, 0.25) is 0 Å². The topological polar surface area (TPSA) is 47.6 Å². The Labute approximate surface area is 209 Å². The number of ether oxygens (including phenoxy) is 2. The molecule has 0 bridgehead atoms. The SMILES string of the molecule is CCOc1cc(-c2ccc(OC(F)(F)F)cc2)ccc1C(CCl)NC(=O)c1c(Cl)cccc1Cl. The fraction of sp³-hybridized carbons (Fsp3) is 0.208. The van der Waals surface area contributed by atoms with Gasteiger partial charge in [0.1, 0.15) is 11.5 Å². The largest absolute Gasteiger partial charge is 0.573 e. The van der Waals surface area contributed by atoms with Crippen molar-refractivity contribution in [3.05, 3.63) is 81.8 Å². The second kappa shape index (κ2) is 11.2. The number of hydrogen-bond acceptors (Lipinski definition) is 3. The van der Waals surface area contributed by atoms with Gasteiger partial charge in [-0.25, -0.2) is 0 Å². The summed E-state index contributed by atoms with van der Waals surface area (Å²) in [6.07, 6.45) is -4.76. The zero-order valence-electron chi connectivity index (χ0n) is 17.8. The highest BCUT2D eigenvalue weighted by Crippen LogP contribution is 2.34. The van der Waals surface area contributed by atoms with Crippen LogP contribution in [-0.2, 0) is 0 Å². The molecule has 0 aliphatic heterocycles. The molecular formula is C24H19Cl3F3NO3. The number of nitrogens with one attached hydrogen (secondary N) is 1. The molecule has 0 heterocycles. The number of halogens is 6. The fourth-order valence-corrected chi connectivity index (χ4v) is 4.09. The van der Waals surface area contributed by atoms with Crippen molar-refractivity contribution in [2.75, 3.05) is 12.5 Å². The monoisotopic (exact) mass is 531 g/mol. The molecule has 34 heavy (non-hydrogen) atoms. The van der Waals surface area contributed by atoms with E-state index in [1.54, 1.807) is 43.3 Å². The Balaban J connectivity index is 1.88. The smallest absolute Gasteiger partial charge is 0.493 e. The van der Waals surface area contributed by atoms with E-state index in [0.717, 1.165) is 0 Å². The van der Waals surface area contributed by atoms with Gasteiger partial charge in [0.15, 0.2) is 0 Å². The van der Waals surface area contributed by atoms with Gasteiger partial charge in [-0.2, -0.15) is 0 Å². The van der Waals surface area contributed by atoms with E-state index < -0.39 is 18.3 Å². The van der Waals surface area contributed by atoms with E-state index in [1.165, 1.54) is 24.3 Å². The van der Waals surface area contributed by atoms with Crippen molar-refractivity contribution in [3.63, 3.8) is 0 Å². The molecule has 1 amide bonds. The lowest BCUT2D eigenvalue weighted by atomic mass is 9.99. The Morgan fingerprint density at radius 3 is 2.18 bits per heavy atom. The predicted molar refractivity (Wildman–Crippen MR) is 127 cm³/mol. The molecule has 10 heteroatoms. The number of carbonyl (C=O) groups excluding carboxylic acids is 1. The second-order valence-corrected chi connectivity index (χ2v) is 8.16. The highest BCUT2D eigenvalue weighted by atomic mass is 35.5. The molecule has 1 unspecified atom stereocenters. The van der Waals surface area contributed by atoms with Gasteiger partial charge in [0.05, 0.1) is 28.3 Å². The molecule has 0 fully saturated rings.